The zero-order chi connectivity index (χ0) is 16.8. The smallest absolute Gasteiger partial charge is 0.466 e. The Morgan fingerprint density at radius 1 is 1.26 bits per heavy atom. The van der Waals surface area contributed by atoms with Crippen molar-refractivity contribution in [1.82, 2.24) is 0 Å². The molecule has 1 aromatic rings. The number of carbonyl (C=O) groups is 1. The van der Waals surface area contributed by atoms with E-state index in [1.54, 1.807) is 0 Å². The molecule has 5 heteroatoms. The van der Waals surface area contributed by atoms with Crippen LogP contribution in [0.5, 0.6) is 0 Å². The summed E-state index contributed by atoms with van der Waals surface area (Å²) in [5.41, 5.74) is 1.48. The van der Waals surface area contributed by atoms with Gasteiger partial charge < -0.3 is 14.0 Å². The van der Waals surface area contributed by atoms with Crippen LogP contribution < -0.4 is 5.46 Å². The molecule has 1 aliphatic carbocycles. The number of rotatable bonds is 4. The van der Waals surface area contributed by atoms with Gasteiger partial charge in [0.25, 0.3) is 0 Å². The molecule has 1 aromatic carbocycles. The molecule has 0 spiro atoms. The first kappa shape index (κ1) is 16.5. The summed E-state index contributed by atoms with van der Waals surface area (Å²) < 4.78 is 17.3. The Kier molecular flexibility index (Phi) is 4.05. The van der Waals surface area contributed by atoms with Gasteiger partial charge in [0.15, 0.2) is 0 Å². The summed E-state index contributed by atoms with van der Waals surface area (Å²) in [5.74, 6) is 0.179. The Labute approximate surface area is 138 Å². The minimum absolute atomic E-state index is 0.00324. The predicted octanol–water partition coefficient (Wildman–Crippen LogP) is 2.65. The van der Waals surface area contributed by atoms with E-state index in [1.165, 1.54) is 0 Å². The molecule has 2 fully saturated rings. The first-order valence-electron chi connectivity index (χ1n) is 8.37. The van der Waals surface area contributed by atoms with E-state index in [1.807, 2.05) is 19.1 Å². The van der Waals surface area contributed by atoms with Gasteiger partial charge in [-0.25, -0.2) is 0 Å². The van der Waals surface area contributed by atoms with Crippen molar-refractivity contribution in [2.75, 3.05) is 6.61 Å². The Morgan fingerprint density at radius 2 is 1.91 bits per heavy atom. The summed E-state index contributed by atoms with van der Waals surface area (Å²) in [6.45, 7) is 10.5. The molecule has 1 saturated heterocycles. The largest absolute Gasteiger partial charge is 0.494 e. The molecule has 1 unspecified atom stereocenters. The van der Waals surface area contributed by atoms with Crippen molar-refractivity contribution in [3.05, 3.63) is 29.8 Å². The van der Waals surface area contributed by atoms with E-state index in [-0.39, 0.29) is 36.1 Å². The van der Waals surface area contributed by atoms with Gasteiger partial charge in [0.2, 0.25) is 0 Å². The van der Waals surface area contributed by atoms with Crippen LogP contribution in [0.15, 0.2) is 24.3 Å². The maximum absolute atomic E-state index is 11.8. The summed E-state index contributed by atoms with van der Waals surface area (Å²) in [6.07, 6.45) is 0.867. The molecule has 1 saturated carbocycles. The van der Waals surface area contributed by atoms with Gasteiger partial charge in [-0.15, -0.1) is 0 Å². The van der Waals surface area contributed by atoms with Crippen LogP contribution in [0.3, 0.4) is 0 Å². The zero-order valence-electron chi connectivity index (χ0n) is 14.6. The third-order valence-corrected chi connectivity index (χ3v) is 5.24. The second-order valence-electron chi connectivity index (χ2n) is 7.46. The summed E-state index contributed by atoms with van der Waals surface area (Å²) in [4.78, 5) is 11.8. The number of carbonyl (C=O) groups excluding carboxylic acids is 1. The van der Waals surface area contributed by atoms with Crippen molar-refractivity contribution in [2.24, 2.45) is 5.92 Å². The van der Waals surface area contributed by atoms with E-state index in [2.05, 4.69) is 39.8 Å². The molecule has 0 amide bonds. The van der Waals surface area contributed by atoms with Crippen molar-refractivity contribution < 1.29 is 18.8 Å². The maximum Gasteiger partial charge on any atom is 0.494 e. The van der Waals surface area contributed by atoms with Crippen molar-refractivity contribution in [3.8, 4) is 0 Å². The molecule has 3 rings (SSSR count). The number of hydrogen-bond donors (Lipinski definition) is 0. The van der Waals surface area contributed by atoms with Gasteiger partial charge in [0, 0.05) is 0 Å². The standard InChI is InChI=1S/C18H25BO4/c1-6-21-16(20)15-11-14(15)12-8-7-9-13(10-12)19-22-17(2,3)18(4,5)23-19/h7-10,14-15H,6,11H2,1-5H3/t14?,15-/m0/s1. The monoisotopic (exact) mass is 316 g/mol. The van der Waals surface area contributed by atoms with E-state index in [4.69, 9.17) is 14.0 Å². The normalized spacial score (nSPS) is 27.8. The molecule has 124 valence electrons. The minimum Gasteiger partial charge on any atom is -0.466 e. The fraction of sp³-hybridized carbons (Fsp3) is 0.611. The van der Waals surface area contributed by atoms with E-state index < -0.39 is 0 Å². The van der Waals surface area contributed by atoms with E-state index in [0.717, 1.165) is 17.4 Å². The summed E-state index contributed by atoms with van der Waals surface area (Å²) >= 11 is 0. The molecule has 0 bridgehead atoms. The lowest BCUT2D eigenvalue weighted by Crippen LogP contribution is -2.41. The highest BCUT2D eigenvalue weighted by Gasteiger charge is 2.52. The van der Waals surface area contributed by atoms with Crippen LogP contribution in [0.4, 0.5) is 0 Å². The Hall–Kier alpha value is -1.33. The van der Waals surface area contributed by atoms with Gasteiger partial charge in [-0.1, -0.05) is 24.3 Å². The Morgan fingerprint density at radius 3 is 2.52 bits per heavy atom. The van der Waals surface area contributed by atoms with Gasteiger partial charge in [-0.3, -0.25) is 4.79 Å². The highest BCUT2D eigenvalue weighted by molar-refractivity contribution is 6.62. The fourth-order valence-corrected chi connectivity index (χ4v) is 2.99. The van der Waals surface area contributed by atoms with Crippen molar-refractivity contribution in [1.29, 1.82) is 0 Å². The van der Waals surface area contributed by atoms with E-state index in [9.17, 15) is 4.79 Å². The molecule has 1 aliphatic heterocycles. The highest BCUT2D eigenvalue weighted by atomic mass is 16.7. The molecule has 2 aliphatic rings. The SMILES string of the molecule is CCOC(=O)[C@H]1CC1c1cccc(B2OC(C)(C)C(C)(C)O2)c1. The average molecular weight is 316 g/mol. The molecular weight excluding hydrogens is 291 g/mol. The van der Waals surface area contributed by atoms with Gasteiger partial charge >= 0.3 is 13.1 Å². The van der Waals surface area contributed by atoms with Crippen molar-refractivity contribution in [3.63, 3.8) is 0 Å². The lowest BCUT2D eigenvalue weighted by atomic mass is 9.78. The number of ether oxygens (including phenoxy) is 1. The second-order valence-corrected chi connectivity index (χ2v) is 7.46. The van der Waals surface area contributed by atoms with Gasteiger partial charge in [0.05, 0.1) is 23.7 Å². The fourth-order valence-electron chi connectivity index (χ4n) is 2.99. The van der Waals surface area contributed by atoms with Crippen molar-refractivity contribution >= 4 is 18.6 Å². The quantitative estimate of drug-likeness (QED) is 0.633. The molecule has 0 radical (unpaired) electrons. The Balaban J connectivity index is 1.74. The predicted molar refractivity (Wildman–Crippen MR) is 89.6 cm³/mol. The van der Waals surface area contributed by atoms with Gasteiger partial charge in [0.1, 0.15) is 0 Å². The molecule has 4 nitrogen and oxygen atoms in total. The third kappa shape index (κ3) is 3.04. The minimum atomic E-state index is -0.361. The van der Waals surface area contributed by atoms with Crippen LogP contribution in [0, 0.1) is 5.92 Å². The first-order valence-corrected chi connectivity index (χ1v) is 8.37. The average Bonchev–Trinajstić information content (AvgIpc) is 3.23. The van der Waals surface area contributed by atoms with Gasteiger partial charge in [-0.2, -0.15) is 0 Å². The lowest BCUT2D eigenvalue weighted by molar-refractivity contribution is -0.144. The second kappa shape index (κ2) is 5.64. The summed E-state index contributed by atoms with van der Waals surface area (Å²) in [7, 11) is -0.361. The van der Waals surface area contributed by atoms with Crippen LogP contribution in [0.1, 0.15) is 52.5 Å². The molecule has 23 heavy (non-hydrogen) atoms. The topological polar surface area (TPSA) is 44.8 Å². The molecular formula is C18H25BO4. The number of esters is 1. The van der Waals surface area contributed by atoms with Crippen LogP contribution >= 0.6 is 0 Å². The summed E-state index contributed by atoms with van der Waals surface area (Å²) in [5, 5.41) is 0. The lowest BCUT2D eigenvalue weighted by Gasteiger charge is -2.32. The molecule has 0 aromatic heterocycles. The van der Waals surface area contributed by atoms with Crippen LogP contribution in [0.25, 0.3) is 0 Å². The molecule has 0 N–H and O–H groups in total. The van der Waals surface area contributed by atoms with E-state index in [0.29, 0.717) is 6.61 Å². The number of benzene rings is 1. The van der Waals surface area contributed by atoms with Gasteiger partial charge in [-0.05, 0) is 58.0 Å². The molecule has 2 atom stereocenters. The maximum atomic E-state index is 11.8. The van der Waals surface area contributed by atoms with E-state index >= 15 is 0 Å². The first-order chi connectivity index (χ1) is 10.7. The summed E-state index contributed by atoms with van der Waals surface area (Å²) in [6, 6.07) is 8.20. The number of hydrogen-bond acceptors (Lipinski definition) is 4. The van der Waals surface area contributed by atoms with Crippen LogP contribution in [-0.4, -0.2) is 30.9 Å². The molecule has 1 heterocycles. The highest BCUT2D eigenvalue weighted by Crippen LogP contribution is 2.48. The Bertz CT molecular complexity index is 595. The van der Waals surface area contributed by atoms with Crippen molar-refractivity contribution in [2.45, 2.75) is 58.2 Å². The third-order valence-electron chi connectivity index (χ3n) is 5.24. The van der Waals surface area contributed by atoms with Crippen LogP contribution in [-0.2, 0) is 18.8 Å². The van der Waals surface area contributed by atoms with Crippen LogP contribution in [0.2, 0.25) is 0 Å². The zero-order valence-corrected chi connectivity index (χ0v) is 14.6.